The lowest BCUT2D eigenvalue weighted by molar-refractivity contribution is 0.118. The van der Waals surface area contributed by atoms with Gasteiger partial charge in [0.2, 0.25) is 0 Å². The highest BCUT2D eigenvalue weighted by atomic mass is 16.5. The summed E-state index contributed by atoms with van der Waals surface area (Å²) < 4.78 is 6.18. The topological polar surface area (TPSA) is 21.3 Å². The second-order valence-corrected chi connectivity index (χ2v) is 6.30. The average molecular weight is 259 g/mol. The number of hydrogen-bond acceptors (Lipinski definition) is 2. The largest absolute Gasteiger partial charge is 0.488 e. The zero-order valence-electron chi connectivity index (χ0n) is 12.1. The van der Waals surface area contributed by atoms with Crippen LogP contribution in [0, 0.1) is 11.8 Å². The van der Waals surface area contributed by atoms with E-state index in [2.05, 4.69) is 43.6 Å². The number of hydrogen-bond donors (Lipinski definition) is 1. The molecule has 0 amide bonds. The molecule has 2 nitrogen and oxygen atoms in total. The Balaban J connectivity index is 1.68. The first-order valence-corrected chi connectivity index (χ1v) is 7.69. The van der Waals surface area contributed by atoms with Crippen molar-refractivity contribution in [3.63, 3.8) is 0 Å². The lowest BCUT2D eigenvalue weighted by Crippen LogP contribution is -2.47. The van der Waals surface area contributed by atoms with Gasteiger partial charge in [-0.15, -0.1) is 0 Å². The van der Waals surface area contributed by atoms with Crippen molar-refractivity contribution in [2.75, 3.05) is 7.05 Å². The zero-order chi connectivity index (χ0) is 13.2. The molecule has 2 heteroatoms. The number of para-hydroxylation sites is 1. The third-order valence-electron chi connectivity index (χ3n) is 4.97. The van der Waals surface area contributed by atoms with E-state index < -0.39 is 0 Å². The number of likely N-dealkylation sites (N-methyl/N-ethyl adjacent to an activating group) is 1. The summed E-state index contributed by atoms with van der Waals surface area (Å²) in [5, 5.41) is 3.54. The van der Waals surface area contributed by atoms with Gasteiger partial charge in [-0.3, -0.25) is 0 Å². The van der Waals surface area contributed by atoms with Crippen molar-refractivity contribution in [2.45, 2.75) is 51.2 Å². The van der Waals surface area contributed by atoms with Gasteiger partial charge in [-0.1, -0.05) is 38.0 Å². The van der Waals surface area contributed by atoms with Crippen LogP contribution in [0.1, 0.15) is 38.2 Å². The Morgan fingerprint density at radius 2 is 1.89 bits per heavy atom. The molecular formula is C17H25NO. The van der Waals surface area contributed by atoms with Crippen LogP contribution in [-0.2, 0) is 6.42 Å². The van der Waals surface area contributed by atoms with Crippen molar-refractivity contribution in [1.82, 2.24) is 5.32 Å². The molecular weight excluding hydrogens is 234 g/mol. The third kappa shape index (κ3) is 2.64. The van der Waals surface area contributed by atoms with Gasteiger partial charge >= 0.3 is 0 Å². The molecule has 0 radical (unpaired) electrons. The van der Waals surface area contributed by atoms with E-state index in [9.17, 15) is 0 Å². The van der Waals surface area contributed by atoms with E-state index in [1.54, 1.807) is 0 Å². The van der Waals surface area contributed by atoms with Gasteiger partial charge in [0.15, 0.2) is 0 Å². The van der Waals surface area contributed by atoms with Crippen molar-refractivity contribution < 1.29 is 4.74 Å². The summed E-state index contributed by atoms with van der Waals surface area (Å²) in [6.07, 6.45) is 6.84. The maximum atomic E-state index is 6.18. The Hall–Kier alpha value is -1.02. The van der Waals surface area contributed by atoms with Crippen LogP contribution in [0.3, 0.4) is 0 Å². The smallest absolute Gasteiger partial charge is 0.123 e. The van der Waals surface area contributed by atoms with E-state index in [4.69, 9.17) is 4.74 Å². The first kappa shape index (κ1) is 13.0. The molecule has 1 N–H and O–H groups in total. The molecule has 2 unspecified atom stereocenters. The summed E-state index contributed by atoms with van der Waals surface area (Å²) in [4.78, 5) is 0. The van der Waals surface area contributed by atoms with Crippen LogP contribution >= 0.6 is 0 Å². The monoisotopic (exact) mass is 259 g/mol. The van der Waals surface area contributed by atoms with E-state index in [1.807, 2.05) is 0 Å². The molecule has 1 saturated carbocycles. The summed E-state index contributed by atoms with van der Waals surface area (Å²) in [6.45, 7) is 2.38. The predicted octanol–water partition coefficient (Wildman–Crippen LogP) is 3.40. The van der Waals surface area contributed by atoms with Gasteiger partial charge in [-0.05, 0) is 43.4 Å². The van der Waals surface area contributed by atoms with E-state index in [0.717, 1.165) is 24.0 Å². The Labute approximate surface area is 116 Å². The second-order valence-electron chi connectivity index (χ2n) is 6.30. The van der Waals surface area contributed by atoms with Crippen molar-refractivity contribution in [3.05, 3.63) is 29.8 Å². The van der Waals surface area contributed by atoms with E-state index >= 15 is 0 Å². The van der Waals surface area contributed by atoms with Crippen LogP contribution < -0.4 is 10.1 Å². The molecule has 0 saturated heterocycles. The SMILES string of the molecule is CNC(C1CCC(C)CC1)C1Cc2ccccc2O1. The number of fused-ring (bicyclic) bond motifs is 1. The Kier molecular flexibility index (Phi) is 3.79. The molecule has 3 rings (SSSR count). The number of nitrogens with one attached hydrogen (secondary N) is 1. The zero-order valence-corrected chi connectivity index (χ0v) is 12.1. The predicted molar refractivity (Wildman–Crippen MR) is 78.5 cm³/mol. The van der Waals surface area contributed by atoms with Crippen LogP contribution in [0.2, 0.25) is 0 Å². The van der Waals surface area contributed by atoms with Crippen LogP contribution in [0.25, 0.3) is 0 Å². The normalized spacial score (nSPS) is 31.6. The van der Waals surface area contributed by atoms with Crippen molar-refractivity contribution >= 4 is 0 Å². The minimum Gasteiger partial charge on any atom is -0.488 e. The molecule has 1 aromatic rings. The fraction of sp³-hybridized carbons (Fsp3) is 0.647. The first-order chi connectivity index (χ1) is 9.28. The molecule has 0 aromatic heterocycles. The van der Waals surface area contributed by atoms with E-state index in [-0.39, 0.29) is 0 Å². The summed E-state index contributed by atoms with van der Waals surface area (Å²) in [5.74, 6) is 2.79. The number of benzene rings is 1. The Morgan fingerprint density at radius 1 is 1.16 bits per heavy atom. The minimum atomic E-state index is 0.320. The molecule has 1 aromatic carbocycles. The van der Waals surface area contributed by atoms with Gasteiger partial charge in [-0.25, -0.2) is 0 Å². The maximum absolute atomic E-state index is 6.18. The molecule has 1 heterocycles. The van der Waals surface area contributed by atoms with Gasteiger partial charge in [0, 0.05) is 12.5 Å². The van der Waals surface area contributed by atoms with Gasteiger partial charge in [0.05, 0.1) is 0 Å². The van der Waals surface area contributed by atoms with E-state index in [0.29, 0.717) is 12.1 Å². The van der Waals surface area contributed by atoms with E-state index in [1.165, 1.54) is 31.2 Å². The first-order valence-electron chi connectivity index (χ1n) is 7.69. The Morgan fingerprint density at radius 3 is 2.58 bits per heavy atom. The minimum absolute atomic E-state index is 0.320. The third-order valence-corrected chi connectivity index (χ3v) is 4.97. The van der Waals surface area contributed by atoms with Gasteiger partial charge < -0.3 is 10.1 Å². The molecule has 104 valence electrons. The van der Waals surface area contributed by atoms with Gasteiger partial charge in [0.25, 0.3) is 0 Å². The van der Waals surface area contributed by atoms with Gasteiger partial charge in [-0.2, -0.15) is 0 Å². The number of rotatable bonds is 3. The molecule has 0 bridgehead atoms. The van der Waals surface area contributed by atoms with Crippen LogP contribution in [0.4, 0.5) is 0 Å². The van der Waals surface area contributed by atoms with Crippen molar-refractivity contribution in [2.24, 2.45) is 11.8 Å². The standard InChI is InChI=1S/C17H25NO/c1-12-7-9-13(10-8-12)17(18-2)16-11-14-5-3-4-6-15(14)19-16/h3-6,12-13,16-18H,7-11H2,1-2H3. The summed E-state index contributed by atoms with van der Waals surface area (Å²) >= 11 is 0. The van der Waals surface area contributed by atoms with Crippen molar-refractivity contribution in [1.29, 1.82) is 0 Å². The quantitative estimate of drug-likeness (QED) is 0.898. The summed E-state index contributed by atoms with van der Waals surface area (Å²) in [7, 11) is 2.09. The number of ether oxygens (including phenoxy) is 1. The molecule has 2 aliphatic rings. The highest BCUT2D eigenvalue weighted by molar-refractivity contribution is 5.37. The second kappa shape index (κ2) is 5.54. The molecule has 1 fully saturated rings. The molecule has 2 atom stereocenters. The fourth-order valence-corrected chi connectivity index (χ4v) is 3.78. The summed E-state index contributed by atoms with van der Waals surface area (Å²) in [6, 6.07) is 8.98. The molecule has 1 aliphatic heterocycles. The highest BCUT2D eigenvalue weighted by Crippen LogP contribution is 2.36. The fourth-order valence-electron chi connectivity index (χ4n) is 3.78. The van der Waals surface area contributed by atoms with Crippen LogP contribution in [-0.4, -0.2) is 19.2 Å². The molecule has 0 spiro atoms. The maximum Gasteiger partial charge on any atom is 0.123 e. The van der Waals surface area contributed by atoms with Crippen LogP contribution in [0.15, 0.2) is 24.3 Å². The molecule has 19 heavy (non-hydrogen) atoms. The lowest BCUT2D eigenvalue weighted by atomic mass is 9.77. The summed E-state index contributed by atoms with van der Waals surface area (Å²) in [5.41, 5.74) is 1.37. The van der Waals surface area contributed by atoms with Gasteiger partial charge in [0.1, 0.15) is 11.9 Å². The van der Waals surface area contributed by atoms with Crippen LogP contribution in [0.5, 0.6) is 5.75 Å². The highest BCUT2D eigenvalue weighted by Gasteiger charge is 2.35. The average Bonchev–Trinajstić information content (AvgIpc) is 2.85. The lowest BCUT2D eigenvalue weighted by Gasteiger charge is -2.35. The Bertz CT molecular complexity index is 398. The van der Waals surface area contributed by atoms with Crippen molar-refractivity contribution in [3.8, 4) is 5.75 Å². The molecule has 1 aliphatic carbocycles.